The summed E-state index contributed by atoms with van der Waals surface area (Å²) in [4.78, 5) is 4.85. The highest BCUT2D eigenvalue weighted by Gasteiger charge is 2.21. The maximum Gasteiger partial charge on any atom is 0.145 e. The van der Waals surface area contributed by atoms with Gasteiger partial charge in [-0.1, -0.05) is 11.6 Å². The number of fused-ring (bicyclic) bond motifs is 2. The molecule has 0 bridgehead atoms. The van der Waals surface area contributed by atoms with Crippen molar-refractivity contribution in [3.05, 3.63) is 28.4 Å². The molecule has 1 aromatic heterocycles. The fraction of sp³-hybridized carbons (Fsp3) is 0.471. The van der Waals surface area contributed by atoms with Crippen molar-refractivity contribution in [1.29, 1.82) is 0 Å². The molecule has 0 saturated carbocycles. The van der Waals surface area contributed by atoms with Gasteiger partial charge >= 0.3 is 0 Å². The highest BCUT2D eigenvalue weighted by atomic mass is 35.5. The number of ether oxygens (including phenoxy) is 2. The fourth-order valence-electron chi connectivity index (χ4n) is 2.96. The second kappa shape index (κ2) is 6.10. The minimum atomic E-state index is 0.608. The van der Waals surface area contributed by atoms with Gasteiger partial charge in [-0.2, -0.15) is 0 Å². The summed E-state index contributed by atoms with van der Waals surface area (Å²) in [5.41, 5.74) is 3.13. The van der Waals surface area contributed by atoms with Crippen molar-refractivity contribution >= 4 is 22.5 Å². The molecule has 0 spiro atoms. The number of nitrogens with zero attached hydrogens (tertiary/aromatic N) is 1. The topological polar surface area (TPSA) is 31.4 Å². The Bertz CT molecular complexity index is 670. The van der Waals surface area contributed by atoms with E-state index in [1.807, 2.05) is 26.0 Å². The summed E-state index contributed by atoms with van der Waals surface area (Å²) in [7, 11) is 0. The molecule has 3 rings (SSSR count). The molecule has 0 fully saturated rings. The number of benzene rings is 1. The Kier molecular flexibility index (Phi) is 4.20. The third-order valence-corrected chi connectivity index (χ3v) is 4.29. The predicted molar refractivity (Wildman–Crippen MR) is 85.7 cm³/mol. The quantitative estimate of drug-likeness (QED) is 0.829. The van der Waals surface area contributed by atoms with E-state index in [0.29, 0.717) is 13.2 Å². The van der Waals surface area contributed by atoms with Crippen LogP contribution in [0.2, 0.25) is 5.02 Å². The lowest BCUT2D eigenvalue weighted by molar-refractivity contribution is 0.336. The average Bonchev–Trinajstić information content (AvgIpc) is 2.50. The highest BCUT2D eigenvalue weighted by Crippen LogP contribution is 2.41. The zero-order valence-electron chi connectivity index (χ0n) is 12.5. The SMILES string of the molecule is CCOc1ccc(OCC)c2c(Cl)c3c(nc12)CCCC3. The van der Waals surface area contributed by atoms with E-state index in [9.17, 15) is 0 Å². The fourth-order valence-corrected chi connectivity index (χ4v) is 3.35. The lowest BCUT2D eigenvalue weighted by atomic mass is 9.94. The molecule has 1 heterocycles. The summed E-state index contributed by atoms with van der Waals surface area (Å²) in [6.07, 6.45) is 4.35. The summed E-state index contributed by atoms with van der Waals surface area (Å²) in [5.74, 6) is 1.58. The van der Waals surface area contributed by atoms with Crippen LogP contribution < -0.4 is 9.47 Å². The third-order valence-electron chi connectivity index (χ3n) is 3.87. The Labute approximate surface area is 130 Å². The van der Waals surface area contributed by atoms with Crippen LogP contribution in [0.1, 0.15) is 37.9 Å². The van der Waals surface area contributed by atoms with Crippen LogP contribution in [0.15, 0.2) is 12.1 Å². The van der Waals surface area contributed by atoms with Crippen molar-refractivity contribution in [1.82, 2.24) is 4.98 Å². The van der Waals surface area contributed by atoms with E-state index < -0.39 is 0 Å². The number of hydrogen-bond donors (Lipinski definition) is 0. The molecule has 1 aromatic carbocycles. The zero-order valence-corrected chi connectivity index (χ0v) is 13.3. The van der Waals surface area contributed by atoms with E-state index in [4.69, 9.17) is 26.1 Å². The van der Waals surface area contributed by atoms with Crippen LogP contribution in [-0.2, 0) is 12.8 Å². The Morgan fingerprint density at radius 2 is 1.71 bits per heavy atom. The van der Waals surface area contributed by atoms with Gasteiger partial charge in [-0.3, -0.25) is 0 Å². The van der Waals surface area contributed by atoms with E-state index in [0.717, 1.165) is 46.0 Å². The number of rotatable bonds is 4. The van der Waals surface area contributed by atoms with E-state index in [1.54, 1.807) is 0 Å². The maximum absolute atomic E-state index is 6.70. The molecule has 2 aromatic rings. The Hall–Kier alpha value is -1.48. The second-order valence-corrected chi connectivity index (χ2v) is 5.59. The van der Waals surface area contributed by atoms with Gasteiger partial charge in [-0.25, -0.2) is 4.98 Å². The molecular weight excluding hydrogens is 286 g/mol. The van der Waals surface area contributed by atoms with Crippen LogP contribution in [0, 0.1) is 0 Å². The first kappa shape index (κ1) is 14.5. The van der Waals surface area contributed by atoms with E-state index in [2.05, 4.69) is 0 Å². The van der Waals surface area contributed by atoms with Crippen molar-refractivity contribution in [2.45, 2.75) is 39.5 Å². The highest BCUT2D eigenvalue weighted by molar-refractivity contribution is 6.37. The molecule has 0 aliphatic heterocycles. The van der Waals surface area contributed by atoms with Crippen LogP contribution in [0.25, 0.3) is 10.9 Å². The molecule has 0 amide bonds. The van der Waals surface area contributed by atoms with Gasteiger partial charge in [0.2, 0.25) is 0 Å². The second-order valence-electron chi connectivity index (χ2n) is 5.21. The van der Waals surface area contributed by atoms with Gasteiger partial charge in [-0.05, 0) is 57.2 Å². The minimum absolute atomic E-state index is 0.608. The smallest absolute Gasteiger partial charge is 0.145 e. The lowest BCUT2D eigenvalue weighted by Gasteiger charge is -2.20. The molecule has 3 nitrogen and oxygen atoms in total. The number of pyridine rings is 1. The average molecular weight is 306 g/mol. The Balaban J connectivity index is 2.29. The molecule has 21 heavy (non-hydrogen) atoms. The largest absolute Gasteiger partial charge is 0.493 e. The van der Waals surface area contributed by atoms with Crippen molar-refractivity contribution < 1.29 is 9.47 Å². The number of aromatic nitrogens is 1. The molecule has 1 aliphatic rings. The van der Waals surface area contributed by atoms with Crippen molar-refractivity contribution in [3.8, 4) is 11.5 Å². The van der Waals surface area contributed by atoms with Crippen LogP contribution in [0.4, 0.5) is 0 Å². The molecule has 1 aliphatic carbocycles. The van der Waals surface area contributed by atoms with Gasteiger partial charge in [-0.15, -0.1) is 0 Å². The molecule has 112 valence electrons. The molecule has 0 atom stereocenters. The van der Waals surface area contributed by atoms with Gasteiger partial charge in [0.05, 0.1) is 23.6 Å². The number of halogens is 1. The minimum Gasteiger partial charge on any atom is -0.493 e. The first-order chi connectivity index (χ1) is 10.3. The monoisotopic (exact) mass is 305 g/mol. The van der Waals surface area contributed by atoms with E-state index in [-0.39, 0.29) is 0 Å². The summed E-state index contributed by atoms with van der Waals surface area (Å²) in [5, 5.41) is 1.69. The predicted octanol–water partition coefficient (Wildman–Crippen LogP) is 4.56. The maximum atomic E-state index is 6.70. The Morgan fingerprint density at radius 3 is 2.48 bits per heavy atom. The first-order valence-corrected chi connectivity index (χ1v) is 8.03. The molecule has 0 unspecified atom stereocenters. The normalized spacial score (nSPS) is 14.0. The van der Waals surface area contributed by atoms with Gasteiger partial charge in [0.1, 0.15) is 17.0 Å². The van der Waals surface area contributed by atoms with Gasteiger partial charge in [0.25, 0.3) is 0 Å². The Morgan fingerprint density at radius 1 is 1.05 bits per heavy atom. The molecule has 0 saturated heterocycles. The van der Waals surface area contributed by atoms with Gasteiger partial charge in [0.15, 0.2) is 0 Å². The molecular formula is C17H20ClNO2. The first-order valence-electron chi connectivity index (χ1n) is 7.65. The number of hydrogen-bond acceptors (Lipinski definition) is 3. The van der Waals surface area contributed by atoms with Gasteiger partial charge < -0.3 is 9.47 Å². The zero-order chi connectivity index (χ0) is 14.8. The van der Waals surface area contributed by atoms with Crippen LogP contribution in [0.5, 0.6) is 11.5 Å². The standard InChI is InChI=1S/C17H20ClNO2/c1-3-20-13-9-10-14(21-4-2)17-15(13)16(18)11-7-5-6-8-12(11)19-17/h9-10H,3-8H2,1-2H3. The third kappa shape index (κ3) is 2.55. The summed E-state index contributed by atoms with van der Waals surface area (Å²) in [6.45, 7) is 5.17. The van der Waals surface area contributed by atoms with Crippen molar-refractivity contribution in [2.24, 2.45) is 0 Å². The van der Waals surface area contributed by atoms with Crippen molar-refractivity contribution in [2.75, 3.05) is 13.2 Å². The lowest BCUT2D eigenvalue weighted by Crippen LogP contribution is -2.08. The van der Waals surface area contributed by atoms with Crippen LogP contribution >= 0.6 is 11.6 Å². The van der Waals surface area contributed by atoms with Crippen molar-refractivity contribution in [3.63, 3.8) is 0 Å². The van der Waals surface area contributed by atoms with Crippen LogP contribution in [0.3, 0.4) is 0 Å². The van der Waals surface area contributed by atoms with E-state index >= 15 is 0 Å². The summed E-state index contributed by atoms with van der Waals surface area (Å²) in [6, 6.07) is 3.86. The molecule has 0 N–H and O–H groups in total. The summed E-state index contributed by atoms with van der Waals surface area (Å²) >= 11 is 6.70. The molecule has 4 heteroatoms. The van der Waals surface area contributed by atoms with E-state index in [1.165, 1.54) is 18.4 Å². The van der Waals surface area contributed by atoms with Gasteiger partial charge in [0, 0.05) is 5.69 Å². The summed E-state index contributed by atoms with van der Waals surface area (Å²) < 4.78 is 11.5. The number of aryl methyl sites for hydroxylation is 1. The van der Waals surface area contributed by atoms with Crippen LogP contribution in [-0.4, -0.2) is 18.2 Å². The molecule has 0 radical (unpaired) electrons.